The molecule has 1 heterocycles. The smallest absolute Gasteiger partial charge is 0.235 e. The van der Waals surface area contributed by atoms with E-state index in [1.807, 2.05) is 36.1 Å². The van der Waals surface area contributed by atoms with Gasteiger partial charge in [0.15, 0.2) is 0 Å². The number of likely N-dealkylation sites (tertiary alicyclic amines) is 1. The lowest BCUT2D eigenvalue weighted by molar-refractivity contribution is -0.129. The summed E-state index contributed by atoms with van der Waals surface area (Å²) in [5.41, 5.74) is 0.905. The second-order valence-electron chi connectivity index (χ2n) is 5.04. The summed E-state index contributed by atoms with van der Waals surface area (Å²) in [6, 6.07) is 7.78. The average molecular weight is 279 g/mol. The van der Waals surface area contributed by atoms with Gasteiger partial charge < -0.3 is 10.0 Å². The molecule has 1 aliphatic heterocycles. The Hall–Kier alpha value is -1.00. The molecule has 104 valence electrons. The molecule has 4 heteroatoms. The lowest BCUT2D eigenvalue weighted by Crippen LogP contribution is -2.33. The van der Waals surface area contributed by atoms with Gasteiger partial charge in [-0.15, -0.1) is 11.8 Å². The highest BCUT2D eigenvalue weighted by Crippen LogP contribution is 2.26. The highest BCUT2D eigenvalue weighted by Gasteiger charge is 2.23. The van der Waals surface area contributed by atoms with Gasteiger partial charge in [0.25, 0.3) is 0 Å². The van der Waals surface area contributed by atoms with Crippen molar-refractivity contribution in [1.82, 2.24) is 4.90 Å². The normalized spacial score (nSPS) is 18.4. The molecular weight excluding hydrogens is 258 g/mol. The fraction of sp³-hybridized carbons (Fsp3) is 0.533. The first kappa shape index (κ1) is 14.4. The molecule has 1 aliphatic rings. The Kier molecular flexibility index (Phi) is 4.88. The Morgan fingerprint density at radius 3 is 2.32 bits per heavy atom. The SMILES string of the molecule is CC(Sc1ccc(C(C)O)cc1)C(=O)N1CCCC1. The number of rotatable bonds is 4. The third-order valence-electron chi connectivity index (χ3n) is 3.44. The van der Waals surface area contributed by atoms with Gasteiger partial charge in [-0.3, -0.25) is 4.79 Å². The molecule has 19 heavy (non-hydrogen) atoms. The van der Waals surface area contributed by atoms with Crippen LogP contribution in [-0.2, 0) is 4.79 Å². The fourth-order valence-corrected chi connectivity index (χ4v) is 3.23. The van der Waals surface area contributed by atoms with E-state index in [2.05, 4.69) is 0 Å². The number of aliphatic hydroxyl groups is 1. The first-order chi connectivity index (χ1) is 9.08. The minimum absolute atomic E-state index is 0.0458. The van der Waals surface area contributed by atoms with Crippen molar-refractivity contribution in [3.05, 3.63) is 29.8 Å². The van der Waals surface area contributed by atoms with Gasteiger partial charge in [-0.2, -0.15) is 0 Å². The minimum atomic E-state index is -0.442. The van der Waals surface area contributed by atoms with Gasteiger partial charge in [-0.05, 0) is 44.4 Å². The van der Waals surface area contributed by atoms with Crippen molar-refractivity contribution >= 4 is 17.7 Å². The van der Waals surface area contributed by atoms with Crippen molar-refractivity contribution in [2.45, 2.75) is 42.9 Å². The molecule has 0 radical (unpaired) electrons. The van der Waals surface area contributed by atoms with E-state index in [1.165, 1.54) is 0 Å². The average Bonchev–Trinajstić information content (AvgIpc) is 2.92. The molecule has 0 aliphatic carbocycles. The number of benzene rings is 1. The predicted molar refractivity (Wildman–Crippen MR) is 78.2 cm³/mol. The molecule has 1 N–H and O–H groups in total. The topological polar surface area (TPSA) is 40.5 Å². The highest BCUT2D eigenvalue weighted by molar-refractivity contribution is 8.00. The highest BCUT2D eigenvalue weighted by atomic mass is 32.2. The van der Waals surface area contributed by atoms with Crippen LogP contribution >= 0.6 is 11.8 Å². The summed E-state index contributed by atoms with van der Waals surface area (Å²) in [6.45, 7) is 5.53. The van der Waals surface area contributed by atoms with Gasteiger partial charge >= 0.3 is 0 Å². The second kappa shape index (κ2) is 6.44. The van der Waals surface area contributed by atoms with E-state index in [0.29, 0.717) is 0 Å². The second-order valence-corrected chi connectivity index (χ2v) is 6.45. The van der Waals surface area contributed by atoms with Crippen molar-refractivity contribution in [1.29, 1.82) is 0 Å². The summed E-state index contributed by atoms with van der Waals surface area (Å²) < 4.78 is 0. The molecule has 1 amide bonds. The number of carbonyl (C=O) groups is 1. The van der Waals surface area contributed by atoms with E-state index in [0.717, 1.165) is 36.4 Å². The van der Waals surface area contributed by atoms with Crippen LogP contribution in [0.2, 0.25) is 0 Å². The summed E-state index contributed by atoms with van der Waals surface area (Å²) in [5.74, 6) is 0.238. The summed E-state index contributed by atoms with van der Waals surface area (Å²) in [6.07, 6.45) is 1.82. The maximum atomic E-state index is 12.2. The Balaban J connectivity index is 1.94. The summed E-state index contributed by atoms with van der Waals surface area (Å²) >= 11 is 1.59. The molecule has 3 nitrogen and oxygen atoms in total. The molecule has 1 saturated heterocycles. The Bertz CT molecular complexity index is 424. The molecule has 0 bridgehead atoms. The lowest BCUT2D eigenvalue weighted by atomic mass is 10.1. The van der Waals surface area contributed by atoms with Gasteiger partial charge in [0.2, 0.25) is 5.91 Å². The maximum absolute atomic E-state index is 12.2. The van der Waals surface area contributed by atoms with Crippen LogP contribution in [0.4, 0.5) is 0 Å². The molecule has 1 aromatic rings. The Morgan fingerprint density at radius 2 is 1.79 bits per heavy atom. The van der Waals surface area contributed by atoms with Gasteiger partial charge in [0.1, 0.15) is 0 Å². The van der Waals surface area contributed by atoms with Crippen molar-refractivity contribution in [2.24, 2.45) is 0 Å². The van der Waals surface area contributed by atoms with E-state index < -0.39 is 6.10 Å². The van der Waals surface area contributed by atoms with Crippen molar-refractivity contribution < 1.29 is 9.90 Å². The van der Waals surface area contributed by atoms with E-state index in [1.54, 1.807) is 18.7 Å². The van der Waals surface area contributed by atoms with Gasteiger partial charge in [0, 0.05) is 18.0 Å². The van der Waals surface area contributed by atoms with Crippen LogP contribution < -0.4 is 0 Å². The van der Waals surface area contributed by atoms with Crippen LogP contribution in [-0.4, -0.2) is 34.3 Å². The molecule has 2 rings (SSSR count). The maximum Gasteiger partial charge on any atom is 0.235 e. The minimum Gasteiger partial charge on any atom is -0.389 e. The number of hydrogen-bond donors (Lipinski definition) is 1. The third kappa shape index (κ3) is 3.74. The van der Waals surface area contributed by atoms with Crippen LogP contribution in [0.15, 0.2) is 29.2 Å². The van der Waals surface area contributed by atoms with Gasteiger partial charge in [-0.1, -0.05) is 12.1 Å². The van der Waals surface area contributed by atoms with Crippen LogP contribution in [0.1, 0.15) is 38.4 Å². The lowest BCUT2D eigenvalue weighted by Gasteiger charge is -2.20. The van der Waals surface area contributed by atoms with Gasteiger partial charge in [0.05, 0.1) is 11.4 Å². The molecule has 0 aromatic heterocycles. The number of hydrogen-bond acceptors (Lipinski definition) is 3. The van der Waals surface area contributed by atoms with Crippen LogP contribution in [0.25, 0.3) is 0 Å². The van der Waals surface area contributed by atoms with E-state index in [9.17, 15) is 9.90 Å². The standard InChI is InChI=1S/C15H21NO2S/c1-11(17)13-5-7-14(8-6-13)19-12(2)15(18)16-9-3-4-10-16/h5-8,11-12,17H,3-4,9-10H2,1-2H3. The first-order valence-corrected chi connectivity index (χ1v) is 7.69. The summed E-state index contributed by atoms with van der Waals surface area (Å²) in [4.78, 5) is 15.2. The molecule has 0 spiro atoms. The predicted octanol–water partition coefficient (Wildman–Crippen LogP) is 2.84. The molecule has 2 atom stereocenters. The number of carbonyl (C=O) groups excluding carboxylic acids is 1. The van der Waals surface area contributed by atoms with Crippen molar-refractivity contribution in [2.75, 3.05) is 13.1 Å². The molecule has 1 fully saturated rings. The number of thioether (sulfide) groups is 1. The van der Waals surface area contributed by atoms with Gasteiger partial charge in [-0.25, -0.2) is 0 Å². The molecule has 0 saturated carbocycles. The Morgan fingerprint density at radius 1 is 1.21 bits per heavy atom. The quantitative estimate of drug-likeness (QED) is 0.862. The van der Waals surface area contributed by atoms with E-state index in [-0.39, 0.29) is 11.2 Å². The van der Waals surface area contributed by atoms with Crippen molar-refractivity contribution in [3.8, 4) is 0 Å². The largest absolute Gasteiger partial charge is 0.389 e. The number of aliphatic hydroxyl groups excluding tert-OH is 1. The zero-order chi connectivity index (χ0) is 13.8. The first-order valence-electron chi connectivity index (χ1n) is 6.81. The van der Waals surface area contributed by atoms with Crippen LogP contribution in [0.5, 0.6) is 0 Å². The van der Waals surface area contributed by atoms with Crippen LogP contribution in [0, 0.1) is 0 Å². The monoisotopic (exact) mass is 279 g/mol. The van der Waals surface area contributed by atoms with Crippen LogP contribution in [0.3, 0.4) is 0 Å². The number of amides is 1. The van der Waals surface area contributed by atoms with E-state index in [4.69, 9.17) is 0 Å². The zero-order valence-corrected chi connectivity index (χ0v) is 12.3. The molecule has 1 aromatic carbocycles. The summed E-state index contributed by atoms with van der Waals surface area (Å²) in [7, 11) is 0. The molecule has 2 unspecified atom stereocenters. The fourth-order valence-electron chi connectivity index (χ4n) is 2.27. The summed E-state index contributed by atoms with van der Waals surface area (Å²) in [5, 5.41) is 9.41. The third-order valence-corrected chi connectivity index (χ3v) is 4.54. The van der Waals surface area contributed by atoms with Crippen molar-refractivity contribution in [3.63, 3.8) is 0 Å². The Labute approximate surface area is 119 Å². The zero-order valence-electron chi connectivity index (χ0n) is 11.5. The number of nitrogens with zero attached hydrogens (tertiary/aromatic N) is 1. The van der Waals surface area contributed by atoms with E-state index >= 15 is 0 Å². The molecular formula is C15H21NO2S.